The molecule has 2 atom stereocenters. The number of benzene rings is 2. The van der Waals surface area contributed by atoms with Gasteiger partial charge in [-0.3, -0.25) is 0 Å². The van der Waals surface area contributed by atoms with Gasteiger partial charge in [0, 0.05) is 8.86 Å². The molecule has 0 saturated heterocycles. The molecule has 0 aliphatic carbocycles. The van der Waals surface area contributed by atoms with Crippen molar-refractivity contribution in [2.75, 3.05) is 8.86 Å². The molecule has 0 aliphatic heterocycles. The zero-order chi connectivity index (χ0) is 13.5. The minimum Gasteiger partial charge on any atom is -0.364 e. The molecule has 19 heavy (non-hydrogen) atoms. The van der Waals surface area contributed by atoms with E-state index in [2.05, 4.69) is 93.7 Å². The van der Waals surface area contributed by atoms with E-state index in [4.69, 9.17) is 4.74 Å². The fraction of sp³-hybridized carbons (Fsp3) is 0.250. The molecule has 2 aromatic rings. The zero-order valence-corrected chi connectivity index (χ0v) is 14.8. The lowest BCUT2D eigenvalue weighted by atomic mass is 10.1. The molecule has 2 rings (SSSR count). The molecule has 2 unspecified atom stereocenters. The fourth-order valence-electron chi connectivity index (χ4n) is 1.94. The van der Waals surface area contributed by atoms with Gasteiger partial charge in [-0.05, 0) is 11.1 Å². The maximum atomic E-state index is 6.31. The Balaban J connectivity index is 2.13. The number of halogens is 2. The van der Waals surface area contributed by atoms with E-state index in [1.54, 1.807) is 0 Å². The third-order valence-electron chi connectivity index (χ3n) is 2.95. The van der Waals surface area contributed by atoms with Gasteiger partial charge in [-0.2, -0.15) is 0 Å². The molecule has 0 amide bonds. The largest absolute Gasteiger partial charge is 0.364 e. The molecular weight excluding hydrogens is 462 g/mol. The maximum Gasteiger partial charge on any atom is 0.0923 e. The summed E-state index contributed by atoms with van der Waals surface area (Å²) in [5.41, 5.74) is 2.50. The van der Waals surface area contributed by atoms with Crippen molar-refractivity contribution in [3.05, 3.63) is 71.8 Å². The first-order chi connectivity index (χ1) is 9.35. The number of hydrogen-bond donors (Lipinski definition) is 0. The molecule has 2 aromatic carbocycles. The van der Waals surface area contributed by atoms with Gasteiger partial charge in [0.2, 0.25) is 0 Å². The van der Waals surface area contributed by atoms with E-state index < -0.39 is 0 Å². The lowest BCUT2D eigenvalue weighted by Gasteiger charge is -2.23. The topological polar surface area (TPSA) is 9.23 Å². The van der Waals surface area contributed by atoms with Crippen LogP contribution >= 0.6 is 45.2 Å². The number of rotatable bonds is 6. The smallest absolute Gasteiger partial charge is 0.0923 e. The molecule has 0 bridgehead atoms. The molecule has 0 heterocycles. The van der Waals surface area contributed by atoms with Crippen LogP contribution in [0.3, 0.4) is 0 Å². The van der Waals surface area contributed by atoms with Crippen LogP contribution in [0.25, 0.3) is 0 Å². The van der Waals surface area contributed by atoms with Crippen molar-refractivity contribution in [3.8, 4) is 0 Å². The summed E-state index contributed by atoms with van der Waals surface area (Å²) in [4.78, 5) is 0. The Labute approximate surface area is 142 Å². The van der Waals surface area contributed by atoms with Gasteiger partial charge in [0.1, 0.15) is 0 Å². The maximum absolute atomic E-state index is 6.31. The van der Waals surface area contributed by atoms with Crippen LogP contribution in [0.4, 0.5) is 0 Å². The summed E-state index contributed by atoms with van der Waals surface area (Å²) in [5, 5.41) is 0. The quantitative estimate of drug-likeness (QED) is 0.402. The minimum atomic E-state index is 0.154. The molecule has 0 radical (unpaired) electrons. The number of ether oxygens (including phenoxy) is 1. The third kappa shape index (κ3) is 4.43. The van der Waals surface area contributed by atoms with Gasteiger partial charge < -0.3 is 4.74 Å². The van der Waals surface area contributed by atoms with Gasteiger partial charge in [-0.15, -0.1) is 0 Å². The average Bonchev–Trinajstić information content (AvgIpc) is 2.50. The van der Waals surface area contributed by atoms with Crippen molar-refractivity contribution in [1.29, 1.82) is 0 Å². The van der Waals surface area contributed by atoms with E-state index in [0.717, 1.165) is 8.86 Å². The van der Waals surface area contributed by atoms with E-state index in [1.807, 2.05) is 12.1 Å². The summed E-state index contributed by atoms with van der Waals surface area (Å²) in [7, 11) is 0. The SMILES string of the molecule is ICC(OC(CI)c1ccccc1)c1ccccc1. The van der Waals surface area contributed by atoms with Crippen molar-refractivity contribution in [3.63, 3.8) is 0 Å². The van der Waals surface area contributed by atoms with E-state index in [9.17, 15) is 0 Å². The monoisotopic (exact) mass is 478 g/mol. The predicted molar refractivity (Wildman–Crippen MR) is 97.2 cm³/mol. The Morgan fingerprint density at radius 3 is 1.37 bits per heavy atom. The molecule has 0 saturated carbocycles. The van der Waals surface area contributed by atoms with Crippen molar-refractivity contribution in [1.82, 2.24) is 0 Å². The van der Waals surface area contributed by atoms with Gasteiger partial charge in [0.15, 0.2) is 0 Å². The first-order valence-corrected chi connectivity index (χ1v) is 9.27. The molecule has 0 fully saturated rings. The Morgan fingerprint density at radius 1 is 0.684 bits per heavy atom. The van der Waals surface area contributed by atoms with Crippen LogP contribution in [-0.2, 0) is 4.74 Å². The van der Waals surface area contributed by atoms with Gasteiger partial charge in [0.05, 0.1) is 12.2 Å². The van der Waals surface area contributed by atoms with Gasteiger partial charge in [0.25, 0.3) is 0 Å². The summed E-state index contributed by atoms with van der Waals surface area (Å²) < 4.78 is 8.23. The highest BCUT2D eigenvalue weighted by molar-refractivity contribution is 14.1. The van der Waals surface area contributed by atoms with Crippen molar-refractivity contribution in [2.45, 2.75) is 12.2 Å². The van der Waals surface area contributed by atoms with Crippen LogP contribution in [0.1, 0.15) is 23.3 Å². The van der Waals surface area contributed by atoms with Crippen molar-refractivity contribution < 1.29 is 4.74 Å². The van der Waals surface area contributed by atoms with Crippen LogP contribution in [0.15, 0.2) is 60.7 Å². The van der Waals surface area contributed by atoms with Crippen LogP contribution < -0.4 is 0 Å². The van der Waals surface area contributed by atoms with E-state index >= 15 is 0 Å². The van der Waals surface area contributed by atoms with E-state index in [-0.39, 0.29) is 12.2 Å². The number of hydrogen-bond acceptors (Lipinski definition) is 1. The summed E-state index contributed by atoms with van der Waals surface area (Å²) in [6.07, 6.45) is 0.309. The zero-order valence-electron chi connectivity index (χ0n) is 10.5. The predicted octanol–water partition coefficient (Wildman–Crippen LogP) is 5.36. The summed E-state index contributed by atoms with van der Waals surface area (Å²) >= 11 is 4.79. The molecule has 0 aromatic heterocycles. The standard InChI is InChI=1S/C16H16I2O/c17-11-15(13-7-3-1-4-8-13)19-16(12-18)14-9-5-2-6-10-14/h1-10,15-16H,11-12H2. The average molecular weight is 478 g/mol. The third-order valence-corrected chi connectivity index (χ3v) is 4.55. The first-order valence-electron chi connectivity index (χ1n) is 6.22. The molecule has 3 heteroatoms. The second-order valence-electron chi connectivity index (χ2n) is 4.24. The van der Waals surface area contributed by atoms with Crippen LogP contribution in [-0.4, -0.2) is 8.86 Å². The molecule has 0 spiro atoms. The summed E-state index contributed by atoms with van der Waals surface area (Å²) in [5.74, 6) is 0. The lowest BCUT2D eigenvalue weighted by molar-refractivity contribution is 0.0148. The van der Waals surface area contributed by atoms with Crippen molar-refractivity contribution in [2.24, 2.45) is 0 Å². The minimum absolute atomic E-state index is 0.154. The fourth-order valence-corrected chi connectivity index (χ4v) is 3.37. The highest BCUT2D eigenvalue weighted by Crippen LogP contribution is 2.29. The van der Waals surface area contributed by atoms with Crippen LogP contribution in [0, 0.1) is 0 Å². The Morgan fingerprint density at radius 2 is 1.05 bits per heavy atom. The molecule has 0 aliphatic rings. The van der Waals surface area contributed by atoms with Gasteiger partial charge in [-0.1, -0.05) is 106 Å². The molecule has 1 nitrogen and oxygen atoms in total. The summed E-state index contributed by atoms with van der Waals surface area (Å²) in [6, 6.07) is 20.9. The second-order valence-corrected chi connectivity index (χ2v) is 6.00. The Bertz CT molecular complexity index is 427. The number of alkyl halides is 2. The highest BCUT2D eigenvalue weighted by atomic mass is 127. The lowest BCUT2D eigenvalue weighted by Crippen LogP contribution is -2.12. The van der Waals surface area contributed by atoms with Gasteiger partial charge >= 0.3 is 0 Å². The molecule has 100 valence electrons. The molecule has 0 N–H and O–H groups in total. The normalized spacial score (nSPS) is 14.0. The van der Waals surface area contributed by atoms with E-state index in [0.29, 0.717) is 0 Å². The first kappa shape index (κ1) is 15.3. The van der Waals surface area contributed by atoms with Crippen molar-refractivity contribution >= 4 is 45.2 Å². The van der Waals surface area contributed by atoms with Gasteiger partial charge in [-0.25, -0.2) is 0 Å². The Hall–Kier alpha value is -0.140. The van der Waals surface area contributed by atoms with Crippen LogP contribution in [0.2, 0.25) is 0 Å². The van der Waals surface area contributed by atoms with Crippen LogP contribution in [0.5, 0.6) is 0 Å². The summed E-state index contributed by atoms with van der Waals surface area (Å²) in [6.45, 7) is 0. The highest BCUT2D eigenvalue weighted by Gasteiger charge is 2.17. The Kier molecular flexibility index (Phi) is 6.59. The van der Waals surface area contributed by atoms with E-state index in [1.165, 1.54) is 11.1 Å². The molecular formula is C16H16I2O. The second kappa shape index (κ2) is 8.21.